The molecule has 2 N–H and O–H groups in total. The fourth-order valence-corrected chi connectivity index (χ4v) is 2.17. The summed E-state index contributed by atoms with van der Waals surface area (Å²) in [6, 6.07) is 1.42. The van der Waals surface area contributed by atoms with E-state index in [0.29, 0.717) is 13.1 Å². The molecule has 0 unspecified atom stereocenters. The fourth-order valence-electron chi connectivity index (χ4n) is 1.54. The number of aryl methyl sites for hydroxylation is 1. The first kappa shape index (κ1) is 14.1. The molecule has 0 amide bonds. The van der Waals surface area contributed by atoms with E-state index in [4.69, 9.17) is 5.73 Å². The van der Waals surface area contributed by atoms with Crippen LogP contribution in [0.25, 0.3) is 0 Å². The minimum atomic E-state index is -0.278. The minimum Gasteiger partial charge on any atom is -0.329 e. The summed E-state index contributed by atoms with van der Waals surface area (Å²) in [5.41, 5.74) is 4.84. The fraction of sp³-hybridized carbons (Fsp3) is 0.636. The van der Waals surface area contributed by atoms with Gasteiger partial charge in [-0.2, -0.15) is 11.8 Å². The van der Waals surface area contributed by atoms with Crippen LogP contribution in [0.5, 0.6) is 0 Å². The monoisotopic (exact) mass is 257 g/mol. The highest BCUT2D eigenvalue weighted by Crippen LogP contribution is 2.01. The zero-order valence-electron chi connectivity index (χ0n) is 10.1. The number of nitrogens with two attached hydrogens (primary N) is 1. The van der Waals surface area contributed by atoms with Gasteiger partial charge in [0.25, 0.3) is 5.56 Å². The summed E-state index contributed by atoms with van der Waals surface area (Å²) in [4.78, 5) is 23.4. The molecule has 0 aliphatic rings. The summed E-state index contributed by atoms with van der Waals surface area (Å²) in [5, 5.41) is 0. The molecule has 1 rings (SSSR count). The third-order valence-corrected chi connectivity index (χ3v) is 3.37. The number of thioether (sulfide) groups is 1. The van der Waals surface area contributed by atoms with Gasteiger partial charge in [-0.15, -0.1) is 0 Å². The van der Waals surface area contributed by atoms with Gasteiger partial charge in [-0.05, 0) is 17.9 Å². The van der Waals surface area contributed by atoms with Crippen LogP contribution >= 0.6 is 11.8 Å². The van der Waals surface area contributed by atoms with Crippen LogP contribution in [0, 0.1) is 0 Å². The number of rotatable bonds is 7. The Hall–Kier alpha value is -1.01. The maximum atomic E-state index is 11.9. The van der Waals surface area contributed by atoms with Gasteiger partial charge in [0, 0.05) is 31.9 Å². The molecule has 0 aliphatic carbocycles. The van der Waals surface area contributed by atoms with Crippen LogP contribution in [0.3, 0.4) is 0 Å². The molecule has 0 atom stereocenters. The number of nitrogens with zero attached hydrogens (tertiary/aromatic N) is 2. The Bertz CT molecular complexity index is 453. The van der Waals surface area contributed by atoms with Crippen molar-refractivity contribution in [3.63, 3.8) is 0 Å². The SMILES string of the molecule is CCSCCCn1ccc(=O)n(CCN)c1=O. The molecule has 1 heterocycles. The zero-order chi connectivity index (χ0) is 12.7. The number of aromatic nitrogens is 2. The summed E-state index contributed by atoms with van der Waals surface area (Å²) < 4.78 is 2.76. The highest BCUT2D eigenvalue weighted by atomic mass is 32.2. The summed E-state index contributed by atoms with van der Waals surface area (Å²) in [7, 11) is 0. The van der Waals surface area contributed by atoms with Crippen LogP contribution in [0.2, 0.25) is 0 Å². The van der Waals surface area contributed by atoms with Crippen molar-refractivity contribution in [2.24, 2.45) is 5.73 Å². The first-order valence-electron chi connectivity index (χ1n) is 5.78. The second-order valence-corrected chi connectivity index (χ2v) is 5.01. The van der Waals surface area contributed by atoms with E-state index in [-0.39, 0.29) is 17.8 Å². The zero-order valence-corrected chi connectivity index (χ0v) is 10.9. The highest BCUT2D eigenvalue weighted by Gasteiger charge is 2.03. The third-order valence-electron chi connectivity index (χ3n) is 2.38. The largest absolute Gasteiger partial charge is 0.331 e. The maximum absolute atomic E-state index is 11.9. The van der Waals surface area contributed by atoms with Crippen LogP contribution < -0.4 is 17.0 Å². The molecule has 0 saturated carbocycles. The first-order valence-corrected chi connectivity index (χ1v) is 6.94. The average molecular weight is 257 g/mol. The smallest absolute Gasteiger partial charge is 0.329 e. The summed E-state index contributed by atoms with van der Waals surface area (Å²) >= 11 is 1.85. The lowest BCUT2D eigenvalue weighted by atomic mass is 10.4. The summed E-state index contributed by atoms with van der Waals surface area (Å²) in [6.07, 6.45) is 2.49. The average Bonchev–Trinajstić information content (AvgIpc) is 2.32. The van der Waals surface area contributed by atoms with Crippen LogP contribution in [-0.2, 0) is 13.1 Å². The van der Waals surface area contributed by atoms with Gasteiger partial charge in [0.2, 0.25) is 0 Å². The molecule has 0 saturated heterocycles. The predicted molar refractivity (Wildman–Crippen MR) is 71.6 cm³/mol. The Labute approximate surface area is 105 Å². The van der Waals surface area contributed by atoms with Crippen molar-refractivity contribution in [2.75, 3.05) is 18.1 Å². The van der Waals surface area contributed by atoms with E-state index in [9.17, 15) is 9.59 Å². The normalized spacial score (nSPS) is 10.7. The van der Waals surface area contributed by atoms with Gasteiger partial charge < -0.3 is 10.3 Å². The lowest BCUT2D eigenvalue weighted by Gasteiger charge is -2.08. The summed E-state index contributed by atoms with van der Waals surface area (Å²) in [6.45, 7) is 3.34. The molecule has 5 nitrogen and oxygen atoms in total. The summed E-state index contributed by atoms with van der Waals surface area (Å²) in [5.74, 6) is 2.11. The van der Waals surface area contributed by atoms with Gasteiger partial charge in [-0.1, -0.05) is 6.92 Å². The van der Waals surface area contributed by atoms with Crippen molar-refractivity contribution in [1.29, 1.82) is 0 Å². The highest BCUT2D eigenvalue weighted by molar-refractivity contribution is 7.99. The van der Waals surface area contributed by atoms with Gasteiger partial charge in [-0.25, -0.2) is 4.79 Å². The molecule has 1 aromatic rings. The lowest BCUT2D eigenvalue weighted by molar-refractivity contribution is 0.551. The first-order chi connectivity index (χ1) is 8.20. The number of hydrogen-bond donors (Lipinski definition) is 1. The molecule has 96 valence electrons. The quantitative estimate of drug-likeness (QED) is 0.704. The lowest BCUT2D eigenvalue weighted by Crippen LogP contribution is -2.40. The molecule has 0 bridgehead atoms. The van der Waals surface area contributed by atoms with Crippen molar-refractivity contribution in [2.45, 2.75) is 26.4 Å². The molecular weight excluding hydrogens is 238 g/mol. The van der Waals surface area contributed by atoms with Crippen LogP contribution in [0.4, 0.5) is 0 Å². The number of hydrogen-bond acceptors (Lipinski definition) is 4. The van der Waals surface area contributed by atoms with Gasteiger partial charge in [0.05, 0.1) is 0 Å². The second kappa shape index (κ2) is 7.34. The van der Waals surface area contributed by atoms with Crippen molar-refractivity contribution in [1.82, 2.24) is 9.13 Å². The molecule has 0 aromatic carbocycles. The second-order valence-electron chi connectivity index (χ2n) is 3.62. The Kier molecular flexibility index (Phi) is 6.07. The van der Waals surface area contributed by atoms with E-state index >= 15 is 0 Å². The van der Waals surface area contributed by atoms with E-state index in [1.807, 2.05) is 11.8 Å². The predicted octanol–water partition coefficient (Wildman–Crippen LogP) is 0.112. The molecule has 0 spiro atoms. The molecule has 0 radical (unpaired) electrons. The van der Waals surface area contributed by atoms with Gasteiger partial charge in [-0.3, -0.25) is 9.36 Å². The Morgan fingerprint density at radius 3 is 2.76 bits per heavy atom. The van der Waals surface area contributed by atoms with E-state index in [1.165, 1.54) is 10.6 Å². The molecule has 0 aliphatic heterocycles. The maximum Gasteiger partial charge on any atom is 0.331 e. The van der Waals surface area contributed by atoms with E-state index in [0.717, 1.165) is 17.9 Å². The standard InChI is InChI=1S/C11H19N3O2S/c1-2-17-9-3-6-13-7-4-10(15)14(8-5-12)11(13)16/h4,7H,2-3,5-6,8-9,12H2,1H3. The van der Waals surface area contributed by atoms with Gasteiger partial charge in [0.15, 0.2) is 0 Å². The Morgan fingerprint density at radius 1 is 1.35 bits per heavy atom. The van der Waals surface area contributed by atoms with E-state index in [1.54, 1.807) is 10.8 Å². The Balaban J connectivity index is 2.76. The molecule has 6 heteroatoms. The van der Waals surface area contributed by atoms with Crippen molar-refractivity contribution >= 4 is 11.8 Å². The van der Waals surface area contributed by atoms with Gasteiger partial charge in [0.1, 0.15) is 0 Å². The van der Waals surface area contributed by atoms with Crippen LogP contribution in [-0.4, -0.2) is 27.2 Å². The molecular formula is C11H19N3O2S. The topological polar surface area (TPSA) is 70.0 Å². The van der Waals surface area contributed by atoms with E-state index in [2.05, 4.69) is 6.92 Å². The van der Waals surface area contributed by atoms with Gasteiger partial charge >= 0.3 is 5.69 Å². The molecule has 1 aromatic heterocycles. The van der Waals surface area contributed by atoms with Crippen molar-refractivity contribution in [3.8, 4) is 0 Å². The van der Waals surface area contributed by atoms with Crippen molar-refractivity contribution < 1.29 is 0 Å². The van der Waals surface area contributed by atoms with Crippen molar-refractivity contribution in [3.05, 3.63) is 33.1 Å². The van der Waals surface area contributed by atoms with Crippen LogP contribution in [0.1, 0.15) is 13.3 Å². The minimum absolute atomic E-state index is 0.260. The Morgan fingerprint density at radius 2 is 2.12 bits per heavy atom. The molecule has 17 heavy (non-hydrogen) atoms. The van der Waals surface area contributed by atoms with E-state index < -0.39 is 0 Å². The molecule has 0 fully saturated rings. The van der Waals surface area contributed by atoms with Crippen LogP contribution in [0.15, 0.2) is 21.9 Å². The third kappa shape index (κ3) is 4.05.